The predicted molar refractivity (Wildman–Crippen MR) is 122 cm³/mol. The van der Waals surface area contributed by atoms with Gasteiger partial charge in [0.2, 0.25) is 5.91 Å². The van der Waals surface area contributed by atoms with Crippen LogP contribution in [-0.4, -0.2) is 45.6 Å². The van der Waals surface area contributed by atoms with Crippen LogP contribution < -0.4 is 10.5 Å². The van der Waals surface area contributed by atoms with Crippen LogP contribution in [-0.2, 0) is 10.0 Å². The molecule has 1 fully saturated rings. The fourth-order valence-corrected chi connectivity index (χ4v) is 4.67. The molecule has 11 nitrogen and oxygen atoms in total. The van der Waals surface area contributed by atoms with Gasteiger partial charge in [-0.2, -0.15) is 5.10 Å². The predicted octanol–water partition coefficient (Wildman–Crippen LogP) is 2.63. The lowest BCUT2D eigenvalue weighted by molar-refractivity contribution is 0.0698. The zero-order valence-corrected chi connectivity index (χ0v) is 18.6. The van der Waals surface area contributed by atoms with Gasteiger partial charge in [0.1, 0.15) is 10.7 Å². The summed E-state index contributed by atoms with van der Waals surface area (Å²) in [4.78, 5) is 31.3. The molecule has 0 unspecified atom stereocenters. The van der Waals surface area contributed by atoms with Crippen molar-refractivity contribution in [3.63, 3.8) is 0 Å². The lowest BCUT2D eigenvalue weighted by Gasteiger charge is -2.10. The van der Waals surface area contributed by atoms with Crippen molar-refractivity contribution in [2.75, 3.05) is 4.72 Å². The number of nitrogens with two attached hydrogens (primary N) is 1. The van der Waals surface area contributed by atoms with Gasteiger partial charge in [-0.1, -0.05) is 0 Å². The van der Waals surface area contributed by atoms with Crippen molar-refractivity contribution in [2.24, 2.45) is 5.73 Å². The minimum atomic E-state index is -4.22. The Labute approximate surface area is 197 Å². The Balaban J connectivity index is 1.45. The number of nitrogens with zero attached hydrogens (tertiary/aromatic N) is 3. The van der Waals surface area contributed by atoms with E-state index >= 15 is 0 Å². The number of H-pyrrole nitrogens is 1. The zero-order valence-electron chi connectivity index (χ0n) is 17.8. The molecule has 1 saturated carbocycles. The summed E-state index contributed by atoms with van der Waals surface area (Å²) in [5, 5.41) is 17.2. The van der Waals surface area contributed by atoms with E-state index in [1.165, 1.54) is 24.3 Å². The number of sulfonamides is 1. The molecule has 0 spiro atoms. The molecule has 5 rings (SSSR count). The lowest BCUT2D eigenvalue weighted by Crippen LogP contribution is -2.16. The van der Waals surface area contributed by atoms with Crippen LogP contribution in [0.1, 0.15) is 45.2 Å². The third-order valence-corrected chi connectivity index (χ3v) is 6.93. The van der Waals surface area contributed by atoms with Crippen molar-refractivity contribution in [3.8, 4) is 11.4 Å². The van der Waals surface area contributed by atoms with E-state index in [1.54, 1.807) is 0 Å². The number of amides is 1. The Bertz CT molecular complexity index is 1610. The van der Waals surface area contributed by atoms with Gasteiger partial charge >= 0.3 is 5.97 Å². The standard InChI is InChI=1S/C22H17FN6O5S/c23-14-7-11(20(24)30)3-5-15(14)29-35(33,34)12-4-6-16(25-9-12)17-8-13(22(31)32)18-19(10-1-2-10)27-28-21(18)26-17/h3-10,29H,1-2H2,(H2,24,30)(H,31,32)(H,26,27,28). The second-order valence-corrected chi connectivity index (χ2v) is 9.70. The average Bonchev–Trinajstić information content (AvgIpc) is 3.58. The molecule has 0 radical (unpaired) electrons. The first-order valence-corrected chi connectivity index (χ1v) is 11.8. The number of benzene rings is 1. The Morgan fingerprint density at radius 3 is 2.51 bits per heavy atom. The molecule has 1 amide bonds. The fourth-order valence-electron chi connectivity index (χ4n) is 3.66. The van der Waals surface area contributed by atoms with Gasteiger partial charge in [-0.25, -0.2) is 22.6 Å². The molecule has 0 bridgehead atoms. The van der Waals surface area contributed by atoms with Crippen molar-refractivity contribution in [1.29, 1.82) is 0 Å². The van der Waals surface area contributed by atoms with Gasteiger partial charge in [0.25, 0.3) is 10.0 Å². The molecule has 1 aliphatic carbocycles. The summed E-state index contributed by atoms with van der Waals surface area (Å²) in [5.41, 5.74) is 6.04. The van der Waals surface area contributed by atoms with Crippen molar-refractivity contribution >= 4 is 38.6 Å². The molecule has 0 atom stereocenters. The Hall–Kier alpha value is -4.39. The van der Waals surface area contributed by atoms with Crippen LogP contribution in [0.15, 0.2) is 47.5 Å². The van der Waals surface area contributed by atoms with Crippen LogP contribution in [0.3, 0.4) is 0 Å². The van der Waals surface area contributed by atoms with Crippen LogP contribution in [0.4, 0.5) is 10.1 Å². The second kappa shape index (κ2) is 8.13. The number of halogens is 1. The van der Waals surface area contributed by atoms with Gasteiger partial charge in [0, 0.05) is 23.4 Å². The summed E-state index contributed by atoms with van der Waals surface area (Å²) in [6.45, 7) is 0. The zero-order chi connectivity index (χ0) is 24.9. The topological polar surface area (TPSA) is 181 Å². The summed E-state index contributed by atoms with van der Waals surface area (Å²) < 4.78 is 41.7. The van der Waals surface area contributed by atoms with E-state index < -0.39 is 27.7 Å². The molecule has 5 N–H and O–H groups in total. The van der Waals surface area contributed by atoms with E-state index in [2.05, 4.69) is 24.9 Å². The number of aromatic amines is 1. The molecule has 0 aliphatic heterocycles. The van der Waals surface area contributed by atoms with E-state index in [-0.39, 0.29) is 44.7 Å². The first-order chi connectivity index (χ1) is 16.6. The van der Waals surface area contributed by atoms with Crippen LogP contribution in [0.2, 0.25) is 0 Å². The molecule has 1 aromatic carbocycles. The number of carbonyl (C=O) groups excluding carboxylic acids is 1. The van der Waals surface area contributed by atoms with Crippen LogP contribution in [0, 0.1) is 5.82 Å². The van der Waals surface area contributed by atoms with E-state index in [0.29, 0.717) is 5.39 Å². The van der Waals surface area contributed by atoms with Crippen molar-refractivity contribution in [1.82, 2.24) is 20.2 Å². The number of hydrogen-bond acceptors (Lipinski definition) is 7. The number of primary amides is 1. The van der Waals surface area contributed by atoms with Crippen LogP contribution >= 0.6 is 0 Å². The van der Waals surface area contributed by atoms with Crippen molar-refractivity contribution in [3.05, 3.63) is 65.2 Å². The highest BCUT2D eigenvalue weighted by atomic mass is 32.2. The molecule has 0 saturated heterocycles. The quantitative estimate of drug-likeness (QED) is 0.301. The molecule has 13 heteroatoms. The third kappa shape index (κ3) is 4.17. The van der Waals surface area contributed by atoms with E-state index in [4.69, 9.17) is 5.73 Å². The number of hydrogen-bond donors (Lipinski definition) is 4. The first kappa shape index (κ1) is 22.4. The van der Waals surface area contributed by atoms with E-state index in [9.17, 15) is 27.5 Å². The second-order valence-electron chi connectivity index (χ2n) is 8.01. The summed E-state index contributed by atoms with van der Waals surface area (Å²) >= 11 is 0. The number of anilines is 1. The molecule has 178 valence electrons. The largest absolute Gasteiger partial charge is 0.478 e. The maximum atomic E-state index is 14.2. The lowest BCUT2D eigenvalue weighted by atomic mass is 10.1. The Kier molecular flexibility index (Phi) is 5.20. The van der Waals surface area contributed by atoms with Crippen molar-refractivity contribution in [2.45, 2.75) is 23.7 Å². The number of carboxylic acid groups (broad SMARTS) is 1. The first-order valence-electron chi connectivity index (χ1n) is 10.3. The average molecular weight is 496 g/mol. The van der Waals surface area contributed by atoms with Gasteiger partial charge in [-0.3, -0.25) is 19.6 Å². The van der Waals surface area contributed by atoms with Gasteiger partial charge in [-0.05, 0) is 49.2 Å². The SMILES string of the molecule is NC(=O)c1ccc(NS(=O)(=O)c2ccc(-c3cc(C(=O)O)c4c(C5CC5)[nH]nc4n3)nc2)c(F)c1. The number of pyridine rings is 2. The maximum absolute atomic E-state index is 14.2. The highest BCUT2D eigenvalue weighted by molar-refractivity contribution is 7.92. The number of aromatic nitrogens is 4. The minimum Gasteiger partial charge on any atom is -0.478 e. The van der Waals surface area contributed by atoms with Gasteiger partial charge < -0.3 is 10.8 Å². The van der Waals surface area contributed by atoms with Crippen LogP contribution in [0.5, 0.6) is 0 Å². The van der Waals surface area contributed by atoms with Crippen LogP contribution in [0.25, 0.3) is 22.4 Å². The minimum absolute atomic E-state index is 0.0238. The highest BCUT2D eigenvalue weighted by Gasteiger charge is 2.30. The van der Waals surface area contributed by atoms with E-state index in [1.807, 2.05) is 0 Å². The Morgan fingerprint density at radius 1 is 1.14 bits per heavy atom. The molecule has 3 heterocycles. The number of nitrogens with one attached hydrogen (secondary N) is 2. The Morgan fingerprint density at radius 2 is 1.91 bits per heavy atom. The molecule has 35 heavy (non-hydrogen) atoms. The number of fused-ring (bicyclic) bond motifs is 1. The number of aromatic carboxylic acids is 1. The summed E-state index contributed by atoms with van der Waals surface area (Å²) in [7, 11) is -4.22. The number of rotatable bonds is 7. The summed E-state index contributed by atoms with van der Waals surface area (Å²) in [6.07, 6.45) is 2.94. The highest BCUT2D eigenvalue weighted by Crippen LogP contribution is 2.43. The monoisotopic (exact) mass is 496 g/mol. The summed E-state index contributed by atoms with van der Waals surface area (Å²) in [6, 6.07) is 7.06. The number of carboxylic acids is 1. The molecular formula is C22H17FN6O5S. The van der Waals surface area contributed by atoms with E-state index in [0.717, 1.165) is 36.9 Å². The molecule has 1 aliphatic rings. The van der Waals surface area contributed by atoms with Gasteiger partial charge in [-0.15, -0.1) is 0 Å². The van der Waals surface area contributed by atoms with Gasteiger partial charge in [0.05, 0.1) is 28.0 Å². The third-order valence-electron chi connectivity index (χ3n) is 5.57. The smallest absolute Gasteiger partial charge is 0.336 e. The number of carbonyl (C=O) groups is 2. The normalized spacial score (nSPS) is 13.6. The molecule has 3 aromatic heterocycles. The maximum Gasteiger partial charge on any atom is 0.336 e. The van der Waals surface area contributed by atoms with Gasteiger partial charge in [0.15, 0.2) is 5.65 Å². The molecular weight excluding hydrogens is 479 g/mol. The fraction of sp³-hybridized carbons (Fsp3) is 0.136. The van der Waals surface area contributed by atoms with Crippen molar-refractivity contribution < 1.29 is 27.5 Å². The molecule has 4 aromatic rings. The summed E-state index contributed by atoms with van der Waals surface area (Å²) in [5.74, 6) is -2.74.